The van der Waals surface area contributed by atoms with Crippen molar-refractivity contribution in [2.45, 2.75) is 26.3 Å². The van der Waals surface area contributed by atoms with Crippen LogP contribution in [0.25, 0.3) is 22.2 Å². The second-order valence-corrected chi connectivity index (χ2v) is 10.0. The van der Waals surface area contributed by atoms with E-state index in [-0.39, 0.29) is 0 Å². The lowest BCUT2D eigenvalue weighted by Crippen LogP contribution is -2.48. The van der Waals surface area contributed by atoms with Gasteiger partial charge < -0.3 is 15.2 Å². The van der Waals surface area contributed by atoms with Gasteiger partial charge in [-0.05, 0) is 61.2 Å². The summed E-state index contributed by atoms with van der Waals surface area (Å²) in [6.07, 6.45) is 5.72. The maximum absolute atomic E-state index is 12.3. The number of benzene rings is 1. The number of pyridine rings is 2. The number of H-pyrrole nitrogens is 1. The van der Waals surface area contributed by atoms with Crippen LogP contribution in [-0.2, 0) is 11.3 Å². The number of piperazine rings is 1. The minimum Gasteiger partial charge on any atom is -0.340 e. The van der Waals surface area contributed by atoms with Gasteiger partial charge in [-0.25, -0.2) is 9.97 Å². The monoisotopic (exact) mass is 501 g/mol. The molecule has 2 aliphatic rings. The number of imidazole rings is 1. The van der Waals surface area contributed by atoms with Gasteiger partial charge >= 0.3 is 0 Å². The first kappa shape index (κ1) is 22.9. The molecule has 2 fully saturated rings. The van der Waals surface area contributed by atoms with E-state index in [2.05, 4.69) is 36.2 Å². The molecular weight excluding hydrogens is 474 g/mol. The average Bonchev–Trinajstić information content (AvgIpc) is 3.66. The molecule has 9 heteroatoms. The van der Waals surface area contributed by atoms with Gasteiger partial charge in [-0.15, -0.1) is 0 Å². The van der Waals surface area contributed by atoms with Crippen LogP contribution in [0.3, 0.4) is 0 Å². The number of halogens is 1. The summed E-state index contributed by atoms with van der Waals surface area (Å²) in [6.45, 7) is 6.17. The predicted octanol–water partition coefficient (Wildman–Crippen LogP) is 4.78. The molecule has 1 saturated carbocycles. The SMILES string of the molecule is Cc1nccc(-c2ccc3nc(Nc4cc(CN5CCN(C(=O)C6CC6)CC5)ccn4)[nH]c3c2)c1Cl. The number of nitrogens with zero attached hydrogens (tertiary/aromatic N) is 5. The largest absolute Gasteiger partial charge is 0.340 e. The highest BCUT2D eigenvalue weighted by molar-refractivity contribution is 6.33. The second-order valence-electron chi connectivity index (χ2n) is 9.63. The molecule has 1 aromatic carbocycles. The number of aromatic amines is 1. The third kappa shape index (κ3) is 4.79. The van der Waals surface area contributed by atoms with Gasteiger partial charge in [0.15, 0.2) is 0 Å². The molecule has 0 bridgehead atoms. The number of fused-ring (bicyclic) bond motifs is 1. The number of aromatic nitrogens is 4. The van der Waals surface area contributed by atoms with Crippen LogP contribution in [0.1, 0.15) is 24.1 Å². The first-order valence-corrected chi connectivity index (χ1v) is 12.8. The summed E-state index contributed by atoms with van der Waals surface area (Å²) in [7, 11) is 0. The number of hydrogen-bond acceptors (Lipinski definition) is 6. The molecule has 2 N–H and O–H groups in total. The van der Waals surface area contributed by atoms with Crippen LogP contribution in [0.2, 0.25) is 5.02 Å². The van der Waals surface area contributed by atoms with Crippen molar-refractivity contribution in [2.75, 3.05) is 31.5 Å². The number of nitrogens with one attached hydrogen (secondary N) is 2. The number of rotatable bonds is 6. The Morgan fingerprint density at radius 1 is 1.08 bits per heavy atom. The smallest absolute Gasteiger partial charge is 0.225 e. The van der Waals surface area contributed by atoms with E-state index in [0.29, 0.717) is 22.8 Å². The highest BCUT2D eigenvalue weighted by Crippen LogP contribution is 2.32. The van der Waals surface area contributed by atoms with Crippen molar-refractivity contribution in [1.29, 1.82) is 0 Å². The van der Waals surface area contributed by atoms with Crippen LogP contribution in [0.4, 0.5) is 11.8 Å². The molecule has 8 nitrogen and oxygen atoms in total. The molecule has 36 heavy (non-hydrogen) atoms. The standard InChI is InChI=1S/C27H28ClN7O/c1-17-25(28)21(7-9-29-17)20-4-5-22-23(15-20)32-27(31-22)33-24-14-18(6-8-30-24)16-34-10-12-35(13-11-34)26(36)19-2-3-19/h4-9,14-15,19H,2-3,10-13,16H2,1H3,(H2,30,31,32,33). The Balaban J connectivity index is 1.12. The Bertz CT molecular complexity index is 1420. The first-order valence-electron chi connectivity index (χ1n) is 12.4. The Kier molecular flexibility index (Phi) is 6.07. The molecule has 0 radical (unpaired) electrons. The zero-order chi connectivity index (χ0) is 24.6. The van der Waals surface area contributed by atoms with Crippen LogP contribution >= 0.6 is 11.6 Å². The van der Waals surface area contributed by atoms with Gasteiger partial charge in [-0.3, -0.25) is 14.7 Å². The predicted molar refractivity (Wildman–Crippen MR) is 141 cm³/mol. The summed E-state index contributed by atoms with van der Waals surface area (Å²) >= 11 is 6.48. The third-order valence-electron chi connectivity index (χ3n) is 6.94. The van der Waals surface area contributed by atoms with Gasteiger partial charge in [0.25, 0.3) is 0 Å². The zero-order valence-corrected chi connectivity index (χ0v) is 20.9. The Morgan fingerprint density at radius 2 is 1.89 bits per heavy atom. The first-order chi connectivity index (χ1) is 17.5. The maximum atomic E-state index is 12.3. The normalized spacial score (nSPS) is 16.4. The fraction of sp³-hybridized carbons (Fsp3) is 0.333. The number of carbonyl (C=O) groups excluding carboxylic acids is 1. The lowest BCUT2D eigenvalue weighted by molar-refractivity contribution is -0.134. The number of hydrogen-bond donors (Lipinski definition) is 2. The number of amides is 1. The summed E-state index contributed by atoms with van der Waals surface area (Å²) in [5, 5.41) is 3.97. The van der Waals surface area contributed by atoms with Crippen molar-refractivity contribution < 1.29 is 4.79 Å². The van der Waals surface area contributed by atoms with Crippen LogP contribution < -0.4 is 5.32 Å². The average molecular weight is 502 g/mol. The number of aryl methyl sites for hydroxylation is 1. The molecule has 184 valence electrons. The van der Waals surface area contributed by atoms with Crippen molar-refractivity contribution in [3.05, 3.63) is 65.1 Å². The van der Waals surface area contributed by atoms with Crippen molar-refractivity contribution in [1.82, 2.24) is 29.7 Å². The molecule has 1 amide bonds. The molecule has 0 unspecified atom stereocenters. The highest BCUT2D eigenvalue weighted by atomic mass is 35.5. The minimum absolute atomic E-state index is 0.299. The van der Waals surface area contributed by atoms with E-state index in [1.807, 2.05) is 48.4 Å². The topological polar surface area (TPSA) is 90.0 Å². The fourth-order valence-electron chi connectivity index (χ4n) is 4.74. The van der Waals surface area contributed by atoms with E-state index in [1.165, 1.54) is 5.56 Å². The number of anilines is 2. The molecule has 0 spiro atoms. The summed E-state index contributed by atoms with van der Waals surface area (Å²) in [5.41, 5.74) is 5.71. The maximum Gasteiger partial charge on any atom is 0.225 e. The van der Waals surface area contributed by atoms with E-state index in [0.717, 1.165) is 79.2 Å². The van der Waals surface area contributed by atoms with Crippen LogP contribution in [0, 0.1) is 12.8 Å². The van der Waals surface area contributed by atoms with E-state index in [4.69, 9.17) is 11.6 Å². The molecule has 3 aromatic heterocycles. The second kappa shape index (κ2) is 9.52. The third-order valence-corrected chi connectivity index (χ3v) is 7.42. The molecule has 1 saturated heterocycles. The molecular formula is C27H28ClN7O. The Labute approximate surface area is 214 Å². The Morgan fingerprint density at radius 3 is 2.69 bits per heavy atom. The molecule has 6 rings (SSSR count). The van der Waals surface area contributed by atoms with Gasteiger partial charge in [0.2, 0.25) is 11.9 Å². The summed E-state index contributed by atoms with van der Waals surface area (Å²) in [5.74, 6) is 2.02. The Hall–Kier alpha value is -3.49. The number of carbonyl (C=O) groups is 1. The van der Waals surface area contributed by atoms with Gasteiger partial charge in [0.05, 0.1) is 21.7 Å². The van der Waals surface area contributed by atoms with Gasteiger partial charge in [0.1, 0.15) is 5.82 Å². The van der Waals surface area contributed by atoms with Crippen molar-refractivity contribution in [3.8, 4) is 11.1 Å². The van der Waals surface area contributed by atoms with Gasteiger partial charge in [-0.2, -0.15) is 0 Å². The summed E-state index contributed by atoms with van der Waals surface area (Å²) in [4.78, 5) is 33.5. The van der Waals surface area contributed by atoms with Crippen LogP contribution in [0.15, 0.2) is 48.8 Å². The van der Waals surface area contributed by atoms with Crippen LogP contribution in [0.5, 0.6) is 0 Å². The van der Waals surface area contributed by atoms with Crippen LogP contribution in [-0.4, -0.2) is 61.8 Å². The summed E-state index contributed by atoms with van der Waals surface area (Å²) in [6, 6.07) is 12.1. The van der Waals surface area contributed by atoms with Gasteiger partial charge in [-0.1, -0.05) is 17.7 Å². The minimum atomic E-state index is 0.299. The quantitative estimate of drug-likeness (QED) is 0.395. The molecule has 1 aliphatic heterocycles. The van der Waals surface area contributed by atoms with Crippen molar-refractivity contribution in [2.24, 2.45) is 5.92 Å². The van der Waals surface area contributed by atoms with E-state index in [1.54, 1.807) is 6.20 Å². The zero-order valence-electron chi connectivity index (χ0n) is 20.2. The molecule has 0 atom stereocenters. The van der Waals surface area contributed by atoms with E-state index >= 15 is 0 Å². The summed E-state index contributed by atoms with van der Waals surface area (Å²) < 4.78 is 0. The van der Waals surface area contributed by atoms with Gasteiger partial charge in [0, 0.05) is 56.6 Å². The molecule has 4 heterocycles. The lowest BCUT2D eigenvalue weighted by Gasteiger charge is -2.34. The fourth-order valence-corrected chi connectivity index (χ4v) is 4.96. The molecule has 1 aliphatic carbocycles. The molecule has 4 aromatic rings. The lowest BCUT2D eigenvalue weighted by atomic mass is 10.1. The van der Waals surface area contributed by atoms with E-state index in [9.17, 15) is 4.79 Å². The van der Waals surface area contributed by atoms with E-state index < -0.39 is 0 Å². The van der Waals surface area contributed by atoms with Crippen molar-refractivity contribution >= 4 is 40.3 Å². The van der Waals surface area contributed by atoms with Crippen molar-refractivity contribution in [3.63, 3.8) is 0 Å². The highest BCUT2D eigenvalue weighted by Gasteiger charge is 2.34.